The lowest BCUT2D eigenvalue weighted by molar-refractivity contribution is -0.149. The molecule has 0 aromatic heterocycles. The predicted molar refractivity (Wildman–Crippen MR) is 88.1 cm³/mol. The largest absolute Gasteiger partial charge is 0.463 e. The van der Waals surface area contributed by atoms with Crippen molar-refractivity contribution in [2.24, 2.45) is 0 Å². The first-order valence-corrected chi connectivity index (χ1v) is 8.23. The molecule has 0 aromatic rings. The molecule has 1 rings (SSSR count). The number of hydrogen-bond acceptors (Lipinski definition) is 7. The minimum atomic E-state index is -0.919. The van der Waals surface area contributed by atoms with Gasteiger partial charge in [-0.05, 0) is 39.3 Å². The van der Waals surface area contributed by atoms with E-state index in [9.17, 15) is 14.4 Å². The quantitative estimate of drug-likeness (QED) is 0.409. The summed E-state index contributed by atoms with van der Waals surface area (Å²) in [6.45, 7) is 4.51. The van der Waals surface area contributed by atoms with E-state index in [0.717, 1.165) is 25.9 Å². The van der Waals surface area contributed by atoms with Crippen LogP contribution in [0, 0.1) is 5.41 Å². The van der Waals surface area contributed by atoms with Gasteiger partial charge < -0.3 is 20.2 Å². The molecule has 1 aliphatic heterocycles. The number of hydrogen-bond donors (Lipinski definition) is 2. The second-order valence-electron chi connectivity index (χ2n) is 5.80. The summed E-state index contributed by atoms with van der Waals surface area (Å²) in [4.78, 5) is 37.6. The van der Waals surface area contributed by atoms with E-state index in [-0.39, 0.29) is 19.4 Å². The van der Waals surface area contributed by atoms with Crippen LogP contribution in [0.4, 0.5) is 0 Å². The first kappa shape index (κ1) is 20.2. The van der Waals surface area contributed by atoms with Crippen LogP contribution in [0.2, 0.25) is 0 Å². The van der Waals surface area contributed by atoms with E-state index < -0.39 is 29.8 Å². The molecule has 0 bridgehead atoms. The molecular formula is C16H27N3O5. The van der Waals surface area contributed by atoms with E-state index in [2.05, 4.69) is 10.2 Å². The van der Waals surface area contributed by atoms with E-state index in [1.54, 1.807) is 6.92 Å². The summed E-state index contributed by atoms with van der Waals surface area (Å²) in [7, 11) is 1.40. The van der Waals surface area contributed by atoms with E-state index in [4.69, 9.17) is 14.9 Å². The van der Waals surface area contributed by atoms with Crippen molar-refractivity contribution in [2.45, 2.75) is 44.8 Å². The normalized spacial score (nSPS) is 17.1. The Bertz CT molecular complexity index is 449. The fourth-order valence-corrected chi connectivity index (χ4v) is 2.39. The minimum absolute atomic E-state index is 0.00294. The van der Waals surface area contributed by atoms with Gasteiger partial charge in [0.2, 0.25) is 5.91 Å². The van der Waals surface area contributed by atoms with Gasteiger partial charge in [0.25, 0.3) is 0 Å². The number of carbonyl (C=O) groups is 3. The monoisotopic (exact) mass is 341 g/mol. The van der Waals surface area contributed by atoms with E-state index >= 15 is 0 Å². The van der Waals surface area contributed by atoms with Gasteiger partial charge in [0.15, 0.2) is 5.78 Å². The topological polar surface area (TPSA) is 109 Å². The van der Waals surface area contributed by atoms with Crippen LogP contribution in [0.15, 0.2) is 0 Å². The van der Waals surface area contributed by atoms with Gasteiger partial charge in [-0.2, -0.15) is 0 Å². The van der Waals surface area contributed by atoms with Gasteiger partial charge in [0.1, 0.15) is 18.8 Å². The molecule has 2 N–H and O–H groups in total. The van der Waals surface area contributed by atoms with Crippen molar-refractivity contribution >= 4 is 23.9 Å². The Hall–Kier alpha value is -1.80. The summed E-state index contributed by atoms with van der Waals surface area (Å²) < 4.78 is 10.2. The summed E-state index contributed by atoms with van der Waals surface area (Å²) >= 11 is 0. The van der Waals surface area contributed by atoms with Crippen molar-refractivity contribution in [1.29, 1.82) is 5.41 Å². The molecule has 8 heteroatoms. The lowest BCUT2D eigenvalue weighted by Gasteiger charge is -2.20. The Morgan fingerprint density at radius 3 is 2.54 bits per heavy atom. The van der Waals surface area contributed by atoms with Crippen LogP contribution in [0.3, 0.4) is 0 Å². The van der Waals surface area contributed by atoms with Crippen molar-refractivity contribution in [1.82, 2.24) is 10.2 Å². The smallest absolute Gasteiger partial charge is 0.328 e. The molecule has 24 heavy (non-hydrogen) atoms. The number of nitrogens with zero attached hydrogens (tertiary/aromatic N) is 1. The number of Topliss-reactive ketones (excluding diaryl/α,β-unsaturated/α-hetero) is 1. The highest BCUT2D eigenvalue weighted by atomic mass is 16.5. The molecule has 2 atom stereocenters. The molecule has 0 radical (unpaired) electrons. The Labute approximate surface area is 142 Å². The van der Waals surface area contributed by atoms with E-state index in [0.29, 0.717) is 12.8 Å². The van der Waals surface area contributed by atoms with Crippen molar-refractivity contribution in [3.05, 3.63) is 0 Å². The summed E-state index contributed by atoms with van der Waals surface area (Å²) in [6, 6.07) is -0.919. The van der Waals surface area contributed by atoms with Crippen LogP contribution in [0.1, 0.15) is 32.6 Å². The Morgan fingerprint density at radius 1 is 1.29 bits per heavy atom. The third kappa shape index (κ3) is 7.18. The SMILES string of the molecule is CO[C@H](C)C(=O)N[C@@H](CCC(=O)C=N)C(=O)OCCN1CCCC1. The van der Waals surface area contributed by atoms with Gasteiger partial charge in [-0.1, -0.05) is 0 Å². The van der Waals surface area contributed by atoms with Crippen LogP contribution < -0.4 is 5.32 Å². The average molecular weight is 341 g/mol. The first-order chi connectivity index (χ1) is 11.5. The Morgan fingerprint density at radius 2 is 1.96 bits per heavy atom. The molecule has 1 aliphatic rings. The summed E-state index contributed by atoms with van der Waals surface area (Å²) in [5.41, 5.74) is 0. The molecule has 0 unspecified atom stereocenters. The third-order valence-electron chi connectivity index (χ3n) is 4.01. The van der Waals surface area contributed by atoms with Gasteiger partial charge in [0, 0.05) is 20.1 Å². The summed E-state index contributed by atoms with van der Waals surface area (Å²) in [6.07, 6.45) is 2.41. The number of nitrogens with one attached hydrogen (secondary N) is 2. The van der Waals surface area contributed by atoms with Crippen molar-refractivity contribution in [3.63, 3.8) is 0 Å². The highest BCUT2D eigenvalue weighted by molar-refractivity contribution is 6.26. The number of ketones is 1. The minimum Gasteiger partial charge on any atom is -0.463 e. The van der Waals surface area contributed by atoms with Crippen molar-refractivity contribution in [3.8, 4) is 0 Å². The molecule has 0 aliphatic carbocycles. The zero-order valence-corrected chi connectivity index (χ0v) is 14.4. The van der Waals surface area contributed by atoms with Crippen LogP contribution >= 0.6 is 0 Å². The number of carbonyl (C=O) groups excluding carboxylic acids is 3. The number of rotatable bonds is 11. The summed E-state index contributed by atoms with van der Waals surface area (Å²) in [5, 5.41) is 9.45. The van der Waals surface area contributed by atoms with Crippen LogP contribution in [0.25, 0.3) is 0 Å². The van der Waals surface area contributed by atoms with Gasteiger partial charge in [0.05, 0.1) is 6.21 Å². The molecule has 8 nitrogen and oxygen atoms in total. The molecule has 1 fully saturated rings. The number of esters is 1. The first-order valence-electron chi connectivity index (χ1n) is 8.23. The molecular weight excluding hydrogens is 314 g/mol. The molecule has 0 saturated carbocycles. The summed E-state index contributed by atoms with van der Waals surface area (Å²) in [5.74, 6) is -1.41. The second-order valence-corrected chi connectivity index (χ2v) is 5.80. The second kappa shape index (κ2) is 10.9. The van der Waals surface area contributed by atoms with Crippen LogP contribution in [-0.2, 0) is 23.9 Å². The van der Waals surface area contributed by atoms with Gasteiger partial charge in [-0.3, -0.25) is 14.5 Å². The highest BCUT2D eigenvalue weighted by Crippen LogP contribution is 2.07. The number of likely N-dealkylation sites (tertiary alicyclic amines) is 1. The molecule has 0 spiro atoms. The molecule has 1 saturated heterocycles. The van der Waals surface area contributed by atoms with Crippen LogP contribution in [-0.4, -0.2) is 74.3 Å². The van der Waals surface area contributed by atoms with Crippen molar-refractivity contribution in [2.75, 3.05) is 33.4 Å². The fraction of sp³-hybridized carbons (Fsp3) is 0.750. The molecule has 136 valence electrons. The van der Waals surface area contributed by atoms with Gasteiger partial charge >= 0.3 is 5.97 Å². The van der Waals surface area contributed by atoms with Gasteiger partial charge in [-0.25, -0.2) is 4.79 Å². The lowest BCUT2D eigenvalue weighted by Crippen LogP contribution is -2.46. The number of ether oxygens (including phenoxy) is 2. The molecule has 0 aromatic carbocycles. The third-order valence-corrected chi connectivity index (χ3v) is 4.01. The van der Waals surface area contributed by atoms with Crippen molar-refractivity contribution < 1.29 is 23.9 Å². The number of methoxy groups -OCH3 is 1. The average Bonchev–Trinajstić information content (AvgIpc) is 3.10. The molecule has 1 heterocycles. The standard InChI is InChI=1S/C16H27N3O5/c1-12(23-2)15(21)18-14(6-5-13(20)11-17)16(22)24-10-9-19-7-3-4-8-19/h11-12,14,17H,3-10H2,1-2H3,(H,18,21)/t12-,14+/m1/s1. The fourth-order valence-electron chi connectivity index (χ4n) is 2.39. The Balaban J connectivity index is 2.50. The maximum absolute atomic E-state index is 12.2. The number of amides is 1. The zero-order valence-electron chi connectivity index (χ0n) is 14.4. The zero-order chi connectivity index (χ0) is 17.9. The predicted octanol–water partition coefficient (Wildman–Crippen LogP) is 0.144. The van der Waals surface area contributed by atoms with Gasteiger partial charge in [-0.15, -0.1) is 0 Å². The Kier molecular flexibility index (Phi) is 9.18. The van der Waals surface area contributed by atoms with Crippen LogP contribution in [0.5, 0.6) is 0 Å². The maximum Gasteiger partial charge on any atom is 0.328 e. The molecule has 1 amide bonds. The maximum atomic E-state index is 12.2. The van der Waals surface area contributed by atoms with E-state index in [1.165, 1.54) is 7.11 Å². The van der Waals surface area contributed by atoms with E-state index in [1.807, 2.05) is 0 Å². The highest BCUT2D eigenvalue weighted by Gasteiger charge is 2.25. The lowest BCUT2D eigenvalue weighted by atomic mass is 10.1.